The molecule has 0 atom stereocenters. The third kappa shape index (κ3) is 3.10. The number of carbonyl (C=O) groups is 1. The molecule has 0 spiro atoms. The first-order valence-corrected chi connectivity index (χ1v) is 5.73. The molecule has 2 aromatic rings. The summed E-state index contributed by atoms with van der Waals surface area (Å²) in [6, 6.07) is 5.54. The van der Waals surface area contributed by atoms with E-state index in [-0.39, 0.29) is 5.91 Å². The maximum atomic E-state index is 11.7. The Hall–Kier alpha value is -2.30. The van der Waals surface area contributed by atoms with Crippen LogP contribution in [-0.4, -0.2) is 24.0 Å². The summed E-state index contributed by atoms with van der Waals surface area (Å²) in [5, 5.41) is 5.93. The molecular weight excluding hydrogens is 230 g/mol. The molecule has 5 nitrogen and oxygen atoms in total. The van der Waals surface area contributed by atoms with E-state index in [0.717, 1.165) is 11.3 Å². The molecule has 18 heavy (non-hydrogen) atoms. The fourth-order valence-electron chi connectivity index (χ4n) is 1.54. The summed E-state index contributed by atoms with van der Waals surface area (Å²) in [5.74, 6) is 0.182. The molecule has 0 saturated heterocycles. The quantitative estimate of drug-likeness (QED) is 0.788. The normalized spacial score (nSPS) is 10.1. The first-order valence-electron chi connectivity index (χ1n) is 5.73. The molecule has 2 aromatic heterocycles. The maximum absolute atomic E-state index is 11.7. The summed E-state index contributed by atoms with van der Waals surface area (Å²) < 4.78 is 5.10. The van der Waals surface area contributed by atoms with Gasteiger partial charge in [-0.2, -0.15) is 0 Å². The van der Waals surface area contributed by atoms with Gasteiger partial charge in [0.25, 0.3) is 5.91 Å². The van der Waals surface area contributed by atoms with Gasteiger partial charge in [-0.15, -0.1) is 0 Å². The van der Waals surface area contributed by atoms with Crippen LogP contribution in [-0.2, 0) is 0 Å². The highest BCUT2D eigenvalue weighted by molar-refractivity contribution is 5.92. The topological polar surface area (TPSA) is 67.2 Å². The number of rotatable bonds is 5. The van der Waals surface area contributed by atoms with Crippen LogP contribution in [0, 0.1) is 6.92 Å². The molecule has 0 aromatic carbocycles. The Morgan fingerprint density at radius 3 is 2.94 bits per heavy atom. The zero-order valence-corrected chi connectivity index (χ0v) is 10.1. The standard InChI is InChI=1S/C13H15N3O2/c1-10-4-8-18-12(10)13(17)16-7-6-15-11-3-2-5-14-9-11/h2-5,8-9,15H,6-7H2,1H3,(H,16,17). The largest absolute Gasteiger partial charge is 0.459 e. The van der Waals surface area contributed by atoms with Crippen LogP contribution in [0.3, 0.4) is 0 Å². The van der Waals surface area contributed by atoms with E-state index in [2.05, 4.69) is 15.6 Å². The van der Waals surface area contributed by atoms with Crippen LogP contribution in [0.25, 0.3) is 0 Å². The van der Waals surface area contributed by atoms with Crippen LogP contribution in [0.15, 0.2) is 41.3 Å². The first-order chi connectivity index (χ1) is 8.77. The molecule has 94 valence electrons. The smallest absolute Gasteiger partial charge is 0.287 e. The van der Waals surface area contributed by atoms with Gasteiger partial charge in [-0.1, -0.05) is 0 Å². The van der Waals surface area contributed by atoms with Gasteiger partial charge >= 0.3 is 0 Å². The highest BCUT2D eigenvalue weighted by Gasteiger charge is 2.11. The number of carbonyl (C=O) groups excluding carboxylic acids is 1. The number of hydrogen-bond acceptors (Lipinski definition) is 4. The molecule has 0 fully saturated rings. The van der Waals surface area contributed by atoms with Gasteiger partial charge < -0.3 is 15.1 Å². The van der Waals surface area contributed by atoms with Gasteiger partial charge in [0.15, 0.2) is 5.76 Å². The number of hydrogen-bond donors (Lipinski definition) is 2. The summed E-state index contributed by atoms with van der Waals surface area (Å²) in [5.41, 5.74) is 1.77. The number of nitrogens with one attached hydrogen (secondary N) is 2. The minimum atomic E-state index is -0.189. The number of furan rings is 1. The lowest BCUT2D eigenvalue weighted by molar-refractivity contribution is 0.0926. The number of amides is 1. The lowest BCUT2D eigenvalue weighted by Crippen LogP contribution is -2.28. The Labute approximate surface area is 105 Å². The van der Waals surface area contributed by atoms with Crippen molar-refractivity contribution in [2.24, 2.45) is 0 Å². The summed E-state index contributed by atoms with van der Waals surface area (Å²) in [6.45, 7) is 3.00. The first kappa shape index (κ1) is 12.2. The molecule has 5 heteroatoms. The van der Waals surface area contributed by atoms with Crippen molar-refractivity contribution in [3.63, 3.8) is 0 Å². The molecule has 0 unspecified atom stereocenters. The molecular formula is C13H15N3O2. The Morgan fingerprint density at radius 1 is 1.39 bits per heavy atom. The van der Waals surface area contributed by atoms with E-state index in [1.807, 2.05) is 19.1 Å². The fourth-order valence-corrected chi connectivity index (χ4v) is 1.54. The van der Waals surface area contributed by atoms with Crippen LogP contribution in [0.1, 0.15) is 16.1 Å². The van der Waals surface area contributed by atoms with E-state index < -0.39 is 0 Å². The Kier molecular flexibility index (Phi) is 3.96. The zero-order valence-electron chi connectivity index (χ0n) is 10.1. The molecule has 0 aliphatic carbocycles. The van der Waals surface area contributed by atoms with Crippen molar-refractivity contribution in [1.82, 2.24) is 10.3 Å². The Balaban J connectivity index is 1.73. The third-order valence-electron chi connectivity index (χ3n) is 2.47. The minimum absolute atomic E-state index is 0.189. The summed E-state index contributed by atoms with van der Waals surface area (Å²) in [4.78, 5) is 15.7. The minimum Gasteiger partial charge on any atom is -0.459 e. The monoisotopic (exact) mass is 245 g/mol. The van der Waals surface area contributed by atoms with Crippen molar-refractivity contribution < 1.29 is 9.21 Å². The molecule has 2 rings (SSSR count). The number of pyridine rings is 1. The number of nitrogens with zero attached hydrogens (tertiary/aromatic N) is 1. The van der Waals surface area contributed by atoms with Crippen LogP contribution < -0.4 is 10.6 Å². The highest BCUT2D eigenvalue weighted by Crippen LogP contribution is 2.07. The molecule has 0 radical (unpaired) electrons. The molecule has 2 N–H and O–H groups in total. The predicted molar refractivity (Wildman–Crippen MR) is 68.5 cm³/mol. The molecule has 0 bridgehead atoms. The predicted octanol–water partition coefficient (Wildman–Crippen LogP) is 1.82. The maximum Gasteiger partial charge on any atom is 0.287 e. The summed E-state index contributed by atoms with van der Waals surface area (Å²) in [7, 11) is 0. The van der Waals surface area contributed by atoms with Gasteiger partial charge in [-0.25, -0.2) is 0 Å². The van der Waals surface area contributed by atoms with Gasteiger partial charge in [0, 0.05) is 31.0 Å². The molecule has 1 amide bonds. The van der Waals surface area contributed by atoms with Crippen molar-refractivity contribution in [1.29, 1.82) is 0 Å². The lowest BCUT2D eigenvalue weighted by Gasteiger charge is -2.06. The van der Waals surface area contributed by atoms with E-state index in [9.17, 15) is 4.79 Å². The molecule has 0 aliphatic heterocycles. The number of aromatic nitrogens is 1. The van der Waals surface area contributed by atoms with Gasteiger partial charge in [-0.05, 0) is 25.1 Å². The number of anilines is 1. The van der Waals surface area contributed by atoms with Crippen molar-refractivity contribution in [3.8, 4) is 0 Å². The second-order valence-corrected chi connectivity index (χ2v) is 3.86. The van der Waals surface area contributed by atoms with Crippen molar-refractivity contribution in [2.75, 3.05) is 18.4 Å². The van der Waals surface area contributed by atoms with Crippen LogP contribution >= 0.6 is 0 Å². The van der Waals surface area contributed by atoms with Crippen molar-refractivity contribution >= 4 is 11.6 Å². The van der Waals surface area contributed by atoms with E-state index in [0.29, 0.717) is 18.8 Å². The van der Waals surface area contributed by atoms with Crippen LogP contribution in [0.2, 0.25) is 0 Å². The van der Waals surface area contributed by atoms with E-state index in [1.54, 1.807) is 18.5 Å². The average Bonchev–Trinajstić information content (AvgIpc) is 2.82. The number of aryl methyl sites for hydroxylation is 1. The van der Waals surface area contributed by atoms with E-state index >= 15 is 0 Å². The van der Waals surface area contributed by atoms with E-state index in [1.165, 1.54) is 6.26 Å². The molecule has 0 aliphatic rings. The Bertz CT molecular complexity index is 508. The Morgan fingerprint density at radius 2 is 2.28 bits per heavy atom. The van der Waals surface area contributed by atoms with Crippen molar-refractivity contribution in [3.05, 3.63) is 48.2 Å². The third-order valence-corrected chi connectivity index (χ3v) is 2.47. The van der Waals surface area contributed by atoms with Gasteiger partial charge in [0.2, 0.25) is 0 Å². The van der Waals surface area contributed by atoms with Crippen molar-refractivity contribution in [2.45, 2.75) is 6.92 Å². The molecule has 2 heterocycles. The van der Waals surface area contributed by atoms with Crippen LogP contribution in [0.4, 0.5) is 5.69 Å². The van der Waals surface area contributed by atoms with Crippen LogP contribution in [0.5, 0.6) is 0 Å². The zero-order chi connectivity index (χ0) is 12.8. The van der Waals surface area contributed by atoms with E-state index in [4.69, 9.17) is 4.42 Å². The highest BCUT2D eigenvalue weighted by atomic mass is 16.3. The SMILES string of the molecule is Cc1ccoc1C(=O)NCCNc1cccnc1. The fraction of sp³-hybridized carbons (Fsp3) is 0.231. The van der Waals surface area contributed by atoms with Gasteiger partial charge in [0.05, 0.1) is 12.0 Å². The lowest BCUT2D eigenvalue weighted by atomic mass is 10.3. The summed E-state index contributed by atoms with van der Waals surface area (Å²) in [6.07, 6.45) is 4.96. The van der Waals surface area contributed by atoms with Gasteiger partial charge in [0.1, 0.15) is 0 Å². The average molecular weight is 245 g/mol. The second kappa shape index (κ2) is 5.86. The van der Waals surface area contributed by atoms with Gasteiger partial charge in [-0.3, -0.25) is 9.78 Å². The summed E-state index contributed by atoms with van der Waals surface area (Å²) >= 11 is 0. The molecule has 0 saturated carbocycles. The second-order valence-electron chi connectivity index (χ2n) is 3.86.